The third-order valence-electron chi connectivity index (χ3n) is 4.85. The van der Waals surface area contributed by atoms with E-state index < -0.39 is 0 Å². The van der Waals surface area contributed by atoms with Crippen LogP contribution in [0.5, 0.6) is 0 Å². The third kappa shape index (κ3) is 2.79. The molecular formula is C22H20N4O2. The minimum absolute atomic E-state index is 0.188. The molecule has 1 aliphatic rings. The summed E-state index contributed by atoms with van der Waals surface area (Å²) in [5.74, 6) is -0.229. The number of anilines is 1. The Labute approximate surface area is 162 Å². The van der Waals surface area contributed by atoms with Crippen LogP contribution in [0.1, 0.15) is 25.1 Å². The number of aryl methyl sites for hydroxylation is 1. The molecule has 1 N–H and O–H groups in total. The quantitative estimate of drug-likeness (QED) is 0.713. The second-order valence-electron chi connectivity index (χ2n) is 6.73. The van der Waals surface area contributed by atoms with Crippen LogP contribution in [0.2, 0.25) is 0 Å². The summed E-state index contributed by atoms with van der Waals surface area (Å²) < 4.78 is 1.50. The lowest BCUT2D eigenvalue weighted by molar-refractivity contribution is -0.114. The first-order valence-electron chi connectivity index (χ1n) is 9.02. The van der Waals surface area contributed by atoms with Crippen molar-refractivity contribution in [3.8, 4) is 5.69 Å². The number of carbonyl (C=O) groups excluding carboxylic acids is 1. The maximum absolute atomic E-state index is 13.1. The Balaban J connectivity index is 1.82. The molecule has 1 aliphatic heterocycles. The number of rotatable bonds is 3. The van der Waals surface area contributed by atoms with Crippen molar-refractivity contribution in [1.82, 2.24) is 9.78 Å². The molecule has 6 nitrogen and oxygen atoms in total. The SMILES string of the molecule is CC1=NN(c2ccccc2)C(=O)C1=C(C)c1c(C)[nH]n(-c2ccccc2)c1=O. The number of H-pyrrole nitrogens is 1. The number of nitrogens with one attached hydrogen (secondary N) is 1. The number of hydrazone groups is 1. The van der Waals surface area contributed by atoms with Gasteiger partial charge in [-0.25, -0.2) is 4.68 Å². The van der Waals surface area contributed by atoms with Crippen LogP contribution < -0.4 is 10.6 Å². The van der Waals surface area contributed by atoms with Gasteiger partial charge in [0, 0.05) is 5.69 Å². The van der Waals surface area contributed by atoms with E-state index in [-0.39, 0.29) is 11.5 Å². The first kappa shape index (κ1) is 17.7. The van der Waals surface area contributed by atoms with Gasteiger partial charge in [-0.2, -0.15) is 10.1 Å². The Kier molecular flexibility index (Phi) is 4.31. The van der Waals surface area contributed by atoms with Crippen LogP contribution in [0.4, 0.5) is 5.69 Å². The van der Waals surface area contributed by atoms with Crippen LogP contribution in [-0.4, -0.2) is 21.4 Å². The molecule has 0 unspecified atom stereocenters. The van der Waals surface area contributed by atoms with Crippen LogP contribution in [0.25, 0.3) is 11.3 Å². The molecule has 0 atom stereocenters. The molecule has 0 radical (unpaired) electrons. The summed E-state index contributed by atoms with van der Waals surface area (Å²) in [5, 5.41) is 8.91. The van der Waals surface area contributed by atoms with Gasteiger partial charge in [0.15, 0.2) is 0 Å². The average Bonchev–Trinajstić information content (AvgIpc) is 3.17. The molecule has 0 saturated carbocycles. The van der Waals surface area contributed by atoms with Crippen LogP contribution in [0.15, 0.2) is 76.1 Å². The van der Waals surface area contributed by atoms with E-state index in [0.717, 1.165) is 5.69 Å². The molecule has 0 fully saturated rings. The van der Waals surface area contributed by atoms with Gasteiger partial charge in [-0.1, -0.05) is 36.4 Å². The normalized spacial score (nSPS) is 15.8. The van der Waals surface area contributed by atoms with Gasteiger partial charge >= 0.3 is 0 Å². The number of benzene rings is 2. The molecule has 0 spiro atoms. The first-order valence-corrected chi connectivity index (χ1v) is 9.02. The molecule has 4 rings (SSSR count). The highest BCUT2D eigenvalue weighted by atomic mass is 16.2. The Morgan fingerprint density at radius 3 is 2.07 bits per heavy atom. The lowest BCUT2D eigenvalue weighted by Gasteiger charge is -2.12. The highest BCUT2D eigenvalue weighted by Crippen LogP contribution is 2.28. The highest BCUT2D eigenvalue weighted by Gasteiger charge is 2.32. The minimum atomic E-state index is -0.229. The predicted molar refractivity (Wildman–Crippen MR) is 111 cm³/mol. The van der Waals surface area contributed by atoms with Crippen molar-refractivity contribution in [3.05, 3.63) is 87.8 Å². The number of amides is 1. The van der Waals surface area contributed by atoms with Crippen molar-refractivity contribution in [2.24, 2.45) is 5.10 Å². The Bertz CT molecular complexity index is 1170. The third-order valence-corrected chi connectivity index (χ3v) is 4.85. The van der Waals surface area contributed by atoms with Crippen molar-refractivity contribution in [2.75, 3.05) is 5.01 Å². The Morgan fingerprint density at radius 2 is 1.46 bits per heavy atom. The molecule has 28 heavy (non-hydrogen) atoms. The lowest BCUT2D eigenvalue weighted by Crippen LogP contribution is -2.23. The first-order chi connectivity index (χ1) is 13.5. The van der Waals surface area contributed by atoms with Crippen LogP contribution in [0.3, 0.4) is 0 Å². The number of nitrogens with zero attached hydrogens (tertiary/aromatic N) is 3. The van der Waals surface area contributed by atoms with Gasteiger partial charge in [0.25, 0.3) is 11.5 Å². The van der Waals surface area contributed by atoms with Gasteiger partial charge in [-0.3, -0.25) is 14.7 Å². The standard InChI is InChI=1S/C22H20N4O2/c1-14(19-15(2)23-25(21(19)27)17-10-6-4-7-11-17)20-16(3)24-26(22(20)28)18-12-8-5-9-13-18/h4-13,23H,1-3H3. The molecule has 2 heterocycles. The number of para-hydroxylation sites is 2. The van der Waals surface area contributed by atoms with Gasteiger partial charge in [0.2, 0.25) is 0 Å². The topological polar surface area (TPSA) is 70.5 Å². The van der Waals surface area contributed by atoms with E-state index in [1.54, 1.807) is 13.8 Å². The Hall–Kier alpha value is -3.67. The number of allylic oxidation sites excluding steroid dienone is 1. The van der Waals surface area contributed by atoms with E-state index in [1.165, 1.54) is 9.69 Å². The zero-order valence-electron chi connectivity index (χ0n) is 15.9. The van der Waals surface area contributed by atoms with Gasteiger partial charge in [-0.15, -0.1) is 0 Å². The van der Waals surface area contributed by atoms with Gasteiger partial charge in [-0.05, 0) is 50.6 Å². The van der Waals surface area contributed by atoms with E-state index in [1.807, 2.05) is 67.6 Å². The summed E-state index contributed by atoms with van der Waals surface area (Å²) in [6, 6.07) is 18.6. The molecule has 1 aromatic heterocycles. The largest absolute Gasteiger partial charge is 0.295 e. The number of aromatic amines is 1. The van der Waals surface area contributed by atoms with E-state index >= 15 is 0 Å². The van der Waals surface area contributed by atoms with Crippen LogP contribution in [-0.2, 0) is 4.79 Å². The van der Waals surface area contributed by atoms with Crippen molar-refractivity contribution in [2.45, 2.75) is 20.8 Å². The lowest BCUT2D eigenvalue weighted by atomic mass is 9.99. The summed E-state index contributed by atoms with van der Waals surface area (Å²) >= 11 is 0. The molecule has 3 aromatic rings. The molecule has 0 saturated heterocycles. The van der Waals surface area contributed by atoms with Gasteiger partial charge in [0.05, 0.1) is 28.2 Å². The number of aromatic nitrogens is 2. The fourth-order valence-corrected chi connectivity index (χ4v) is 3.55. The zero-order chi connectivity index (χ0) is 19.8. The van der Waals surface area contributed by atoms with E-state index in [2.05, 4.69) is 10.2 Å². The summed E-state index contributed by atoms with van der Waals surface area (Å²) in [7, 11) is 0. The maximum Gasteiger partial charge on any atom is 0.280 e. The summed E-state index contributed by atoms with van der Waals surface area (Å²) in [6.45, 7) is 5.42. The minimum Gasteiger partial charge on any atom is -0.295 e. The number of carbonyl (C=O) groups is 1. The van der Waals surface area contributed by atoms with E-state index in [0.29, 0.717) is 33.8 Å². The maximum atomic E-state index is 13.1. The van der Waals surface area contributed by atoms with Crippen molar-refractivity contribution in [3.63, 3.8) is 0 Å². The second-order valence-corrected chi connectivity index (χ2v) is 6.73. The van der Waals surface area contributed by atoms with Crippen molar-refractivity contribution >= 4 is 22.9 Å². The molecule has 0 aliphatic carbocycles. The molecular weight excluding hydrogens is 352 g/mol. The molecule has 2 aromatic carbocycles. The van der Waals surface area contributed by atoms with Gasteiger partial charge in [0.1, 0.15) is 0 Å². The Morgan fingerprint density at radius 1 is 0.893 bits per heavy atom. The zero-order valence-corrected chi connectivity index (χ0v) is 15.9. The van der Waals surface area contributed by atoms with Crippen LogP contribution >= 0.6 is 0 Å². The number of hydrogen-bond acceptors (Lipinski definition) is 3. The average molecular weight is 372 g/mol. The number of hydrogen-bond donors (Lipinski definition) is 1. The second kappa shape index (κ2) is 6.81. The summed E-state index contributed by atoms with van der Waals surface area (Å²) in [5.41, 5.74) is 4.14. The van der Waals surface area contributed by atoms with Gasteiger partial charge < -0.3 is 0 Å². The molecule has 1 amide bonds. The van der Waals surface area contributed by atoms with E-state index in [4.69, 9.17) is 0 Å². The van der Waals surface area contributed by atoms with Crippen molar-refractivity contribution in [1.29, 1.82) is 0 Å². The highest BCUT2D eigenvalue weighted by molar-refractivity contribution is 6.33. The predicted octanol–water partition coefficient (Wildman–Crippen LogP) is 3.67. The molecule has 6 heteroatoms. The summed E-state index contributed by atoms with van der Waals surface area (Å²) in [6.07, 6.45) is 0. The van der Waals surface area contributed by atoms with E-state index in [9.17, 15) is 9.59 Å². The fraction of sp³-hybridized carbons (Fsp3) is 0.136. The summed E-state index contributed by atoms with van der Waals surface area (Å²) in [4.78, 5) is 26.2. The fourth-order valence-electron chi connectivity index (χ4n) is 3.55. The molecule has 140 valence electrons. The smallest absolute Gasteiger partial charge is 0.280 e. The monoisotopic (exact) mass is 372 g/mol. The van der Waals surface area contributed by atoms with Crippen LogP contribution in [0, 0.1) is 6.92 Å². The van der Waals surface area contributed by atoms with Crippen molar-refractivity contribution < 1.29 is 4.79 Å². The molecule has 0 bridgehead atoms.